The smallest absolute Gasteiger partial charge is 0.411 e. The third kappa shape index (κ3) is 6.25. The fraction of sp³-hybridized carbons (Fsp3) is 0.464. The Bertz CT molecular complexity index is 1190. The average Bonchev–Trinajstić information content (AvgIpc) is 3.07. The number of methoxy groups -OCH3 is 3. The molecule has 1 aliphatic heterocycles. The second-order valence-corrected chi connectivity index (χ2v) is 9.14. The zero-order valence-corrected chi connectivity index (χ0v) is 22.4. The summed E-state index contributed by atoms with van der Waals surface area (Å²) in [5.41, 5.74) is 4.32. The van der Waals surface area contributed by atoms with Gasteiger partial charge in [-0.05, 0) is 47.7 Å². The molecule has 1 atom stereocenters. The van der Waals surface area contributed by atoms with Gasteiger partial charge in [0.15, 0.2) is 11.5 Å². The molecular formula is C28H35N3O7. The Morgan fingerprint density at radius 1 is 1.11 bits per heavy atom. The molecule has 204 valence electrons. The maximum absolute atomic E-state index is 12.5. The van der Waals surface area contributed by atoms with Crippen LogP contribution in [0.1, 0.15) is 30.4 Å². The van der Waals surface area contributed by atoms with Crippen LogP contribution in [0.5, 0.6) is 17.2 Å². The minimum Gasteiger partial charge on any atom is -0.493 e. The monoisotopic (exact) mass is 525 g/mol. The van der Waals surface area contributed by atoms with E-state index in [1.165, 1.54) is 6.92 Å². The number of hydrogen-bond donors (Lipinski definition) is 1. The van der Waals surface area contributed by atoms with Crippen molar-refractivity contribution in [2.75, 3.05) is 66.1 Å². The van der Waals surface area contributed by atoms with Crippen LogP contribution in [0.4, 0.5) is 10.5 Å². The summed E-state index contributed by atoms with van der Waals surface area (Å²) in [4.78, 5) is 30.5. The van der Waals surface area contributed by atoms with E-state index in [-0.39, 0.29) is 18.4 Å². The van der Waals surface area contributed by atoms with Gasteiger partial charge < -0.3 is 23.7 Å². The number of amides is 2. The molecule has 4 rings (SSSR count). The summed E-state index contributed by atoms with van der Waals surface area (Å²) in [5.74, 6) is 1.21. The van der Waals surface area contributed by atoms with Crippen LogP contribution in [-0.4, -0.2) is 83.9 Å². The van der Waals surface area contributed by atoms with Crippen molar-refractivity contribution in [1.82, 2.24) is 4.90 Å². The standard InChI is InChI=1S/C28H35N3O7/c1-18(32)29-17-20-6-5-19-15-24(34-2)26(35-3)27(36-4)25(19)22-8-7-21(16-23(20)22)30-28(33)38-14-11-31-9-12-37-13-10-31/h7-8,15-17,20H,5-6,9-14H2,1-4H3,(H,30,33). The highest BCUT2D eigenvalue weighted by atomic mass is 16.5. The van der Waals surface area contributed by atoms with Crippen LogP contribution in [0.3, 0.4) is 0 Å². The number of nitrogens with zero attached hydrogens (tertiary/aromatic N) is 2. The quantitative estimate of drug-likeness (QED) is 0.517. The Morgan fingerprint density at radius 3 is 2.55 bits per heavy atom. The lowest BCUT2D eigenvalue weighted by Crippen LogP contribution is -2.38. The highest BCUT2D eigenvalue weighted by Crippen LogP contribution is 2.50. The number of fused-ring (bicyclic) bond motifs is 3. The minimum atomic E-state index is -0.523. The Hall–Kier alpha value is -3.63. The van der Waals surface area contributed by atoms with E-state index in [9.17, 15) is 9.59 Å². The number of aryl methyl sites for hydroxylation is 1. The molecule has 0 spiro atoms. The summed E-state index contributed by atoms with van der Waals surface area (Å²) in [6.45, 7) is 5.43. The molecule has 1 heterocycles. The van der Waals surface area contributed by atoms with Crippen molar-refractivity contribution >= 4 is 23.9 Å². The van der Waals surface area contributed by atoms with Gasteiger partial charge in [0.1, 0.15) is 6.61 Å². The summed E-state index contributed by atoms with van der Waals surface area (Å²) in [6.07, 6.45) is 2.55. The molecule has 1 N–H and O–H groups in total. The van der Waals surface area contributed by atoms with Crippen LogP contribution < -0.4 is 19.5 Å². The number of anilines is 1. The molecule has 0 radical (unpaired) electrons. The molecule has 1 aliphatic carbocycles. The Kier molecular flexibility index (Phi) is 9.19. The summed E-state index contributed by atoms with van der Waals surface area (Å²) in [6, 6.07) is 7.63. The fourth-order valence-corrected chi connectivity index (χ4v) is 4.94. The predicted molar refractivity (Wildman–Crippen MR) is 144 cm³/mol. The predicted octanol–water partition coefficient (Wildman–Crippen LogP) is 3.91. The Labute approximate surface area is 222 Å². The highest BCUT2D eigenvalue weighted by molar-refractivity contribution is 5.91. The molecule has 1 saturated heterocycles. The number of carbonyl (C=O) groups excluding carboxylic acids is 2. The van der Waals surface area contributed by atoms with Crippen LogP contribution in [-0.2, 0) is 20.7 Å². The van der Waals surface area contributed by atoms with Crippen LogP contribution in [0.15, 0.2) is 29.3 Å². The molecule has 38 heavy (non-hydrogen) atoms. The van der Waals surface area contributed by atoms with E-state index < -0.39 is 6.09 Å². The van der Waals surface area contributed by atoms with E-state index in [2.05, 4.69) is 15.2 Å². The van der Waals surface area contributed by atoms with Gasteiger partial charge in [0, 0.05) is 49.9 Å². The number of aliphatic imine (C=N–C) groups is 1. The molecule has 10 heteroatoms. The average molecular weight is 526 g/mol. The largest absolute Gasteiger partial charge is 0.493 e. The van der Waals surface area contributed by atoms with E-state index in [1.807, 2.05) is 24.3 Å². The van der Waals surface area contributed by atoms with Crippen molar-refractivity contribution in [2.24, 2.45) is 4.99 Å². The van der Waals surface area contributed by atoms with Crippen molar-refractivity contribution < 1.29 is 33.3 Å². The first-order chi connectivity index (χ1) is 18.4. The van der Waals surface area contributed by atoms with Crippen LogP contribution in [0.25, 0.3) is 11.1 Å². The van der Waals surface area contributed by atoms with Gasteiger partial charge in [0.2, 0.25) is 11.7 Å². The SMILES string of the molecule is COc1cc2c(c(OC)c1OC)-c1ccc(NC(=O)OCCN3CCOCC3)cc1C(C=NC(C)=O)CC2. The fourth-order valence-electron chi connectivity index (χ4n) is 4.94. The van der Waals surface area contributed by atoms with Gasteiger partial charge in [-0.3, -0.25) is 15.0 Å². The van der Waals surface area contributed by atoms with Crippen molar-refractivity contribution in [3.05, 3.63) is 35.4 Å². The lowest BCUT2D eigenvalue weighted by Gasteiger charge is -2.26. The summed E-state index contributed by atoms with van der Waals surface area (Å²) >= 11 is 0. The van der Waals surface area contributed by atoms with Gasteiger partial charge in [-0.1, -0.05) is 6.07 Å². The van der Waals surface area contributed by atoms with E-state index in [0.717, 1.165) is 35.3 Å². The van der Waals surface area contributed by atoms with Gasteiger partial charge in [-0.15, -0.1) is 0 Å². The zero-order valence-electron chi connectivity index (χ0n) is 22.4. The van der Waals surface area contributed by atoms with Crippen molar-refractivity contribution in [3.63, 3.8) is 0 Å². The zero-order chi connectivity index (χ0) is 27.1. The summed E-state index contributed by atoms with van der Waals surface area (Å²) in [7, 11) is 4.76. The van der Waals surface area contributed by atoms with Gasteiger partial charge in [0.05, 0.1) is 34.5 Å². The van der Waals surface area contributed by atoms with Gasteiger partial charge >= 0.3 is 6.09 Å². The second kappa shape index (κ2) is 12.7. The maximum Gasteiger partial charge on any atom is 0.411 e. The number of ether oxygens (including phenoxy) is 5. The molecule has 10 nitrogen and oxygen atoms in total. The van der Waals surface area contributed by atoms with Gasteiger partial charge in [-0.25, -0.2) is 9.79 Å². The van der Waals surface area contributed by atoms with Gasteiger partial charge in [0.25, 0.3) is 0 Å². The van der Waals surface area contributed by atoms with Crippen LogP contribution in [0, 0.1) is 0 Å². The van der Waals surface area contributed by atoms with E-state index in [0.29, 0.717) is 55.5 Å². The Balaban J connectivity index is 1.64. The molecule has 2 aromatic rings. The van der Waals surface area contributed by atoms with Crippen molar-refractivity contribution in [3.8, 4) is 28.4 Å². The number of rotatable bonds is 8. The first-order valence-corrected chi connectivity index (χ1v) is 12.7. The van der Waals surface area contributed by atoms with E-state index in [1.54, 1.807) is 27.5 Å². The molecule has 0 aromatic heterocycles. The van der Waals surface area contributed by atoms with E-state index >= 15 is 0 Å². The minimum absolute atomic E-state index is 0.165. The van der Waals surface area contributed by atoms with Crippen LogP contribution >= 0.6 is 0 Å². The third-order valence-corrected chi connectivity index (χ3v) is 6.78. The molecule has 2 aromatic carbocycles. The molecule has 0 bridgehead atoms. The third-order valence-electron chi connectivity index (χ3n) is 6.78. The van der Waals surface area contributed by atoms with Gasteiger partial charge in [-0.2, -0.15) is 0 Å². The number of nitrogens with one attached hydrogen (secondary N) is 1. The normalized spacial score (nSPS) is 17.2. The van der Waals surface area contributed by atoms with Crippen LogP contribution in [0.2, 0.25) is 0 Å². The maximum atomic E-state index is 12.5. The number of morpholine rings is 1. The van der Waals surface area contributed by atoms with Crippen molar-refractivity contribution in [1.29, 1.82) is 0 Å². The summed E-state index contributed by atoms with van der Waals surface area (Å²) in [5, 5.41) is 2.84. The molecule has 2 amide bonds. The number of benzene rings is 2. The second-order valence-electron chi connectivity index (χ2n) is 9.14. The molecular weight excluding hydrogens is 490 g/mol. The van der Waals surface area contributed by atoms with E-state index in [4.69, 9.17) is 23.7 Å². The van der Waals surface area contributed by atoms with Crippen molar-refractivity contribution in [2.45, 2.75) is 25.7 Å². The lowest BCUT2D eigenvalue weighted by atomic mass is 9.90. The molecule has 1 unspecified atom stereocenters. The number of carbonyl (C=O) groups is 2. The molecule has 0 saturated carbocycles. The molecule has 2 aliphatic rings. The Morgan fingerprint density at radius 2 is 1.87 bits per heavy atom. The molecule has 1 fully saturated rings. The summed E-state index contributed by atoms with van der Waals surface area (Å²) < 4.78 is 27.8. The highest BCUT2D eigenvalue weighted by Gasteiger charge is 2.29. The first-order valence-electron chi connectivity index (χ1n) is 12.7. The lowest BCUT2D eigenvalue weighted by molar-refractivity contribution is -0.115. The number of hydrogen-bond acceptors (Lipinski definition) is 8. The first kappa shape index (κ1) is 27.4. The topological polar surface area (TPSA) is 108 Å².